The van der Waals surface area contributed by atoms with Crippen molar-refractivity contribution in [3.05, 3.63) is 0 Å². The molecule has 0 atom stereocenters. The van der Waals surface area contributed by atoms with Crippen molar-refractivity contribution in [1.82, 2.24) is 0 Å². The number of carboxylic acid groups (broad SMARTS) is 1. The first-order valence-corrected chi connectivity index (χ1v) is 12.3. The second kappa shape index (κ2) is 24.5. The van der Waals surface area contributed by atoms with Crippen molar-refractivity contribution in [2.45, 2.75) is 124 Å². The molecule has 0 bridgehead atoms. The summed E-state index contributed by atoms with van der Waals surface area (Å²) in [5.74, 6) is -2.16. The third kappa shape index (κ3) is 32.1. The van der Waals surface area contributed by atoms with Crippen LogP contribution in [-0.2, 0) is 33.4 Å². The number of carbonyl (C=O) groups is 4. The highest BCUT2D eigenvalue weighted by Gasteiger charge is 2.15. The monoisotopic (exact) mass is 474 g/mol. The van der Waals surface area contributed by atoms with Crippen LogP contribution in [0.25, 0.3) is 0 Å². The molecule has 0 amide bonds. The lowest BCUT2D eigenvalue weighted by Crippen LogP contribution is -2.29. The topological polar surface area (TPSA) is 116 Å². The molecule has 0 spiro atoms. The smallest absolute Gasteiger partial charge is 0.303 e. The summed E-state index contributed by atoms with van der Waals surface area (Å²) in [5.41, 5.74) is 0. The van der Waals surface area contributed by atoms with Gasteiger partial charge in [-0.2, -0.15) is 0 Å². The number of unbranched alkanes of at least 4 members (excludes halogenated alkanes) is 12. The summed E-state index contributed by atoms with van der Waals surface area (Å²) in [7, 11) is 0. The van der Waals surface area contributed by atoms with Gasteiger partial charge >= 0.3 is 23.9 Å². The first-order chi connectivity index (χ1) is 15.7. The van der Waals surface area contributed by atoms with E-state index in [1.807, 2.05) is 0 Å². The zero-order valence-electron chi connectivity index (χ0n) is 21.2. The van der Waals surface area contributed by atoms with Gasteiger partial charge in [0, 0.05) is 27.2 Å². The third-order valence-corrected chi connectivity index (χ3v) is 4.77. The molecule has 0 saturated heterocycles. The van der Waals surface area contributed by atoms with Crippen LogP contribution in [0.5, 0.6) is 0 Å². The van der Waals surface area contributed by atoms with E-state index in [1.165, 1.54) is 91.4 Å². The van der Waals surface area contributed by atoms with E-state index in [0.29, 0.717) is 6.42 Å². The highest BCUT2D eigenvalue weighted by Crippen LogP contribution is 2.12. The van der Waals surface area contributed by atoms with E-state index in [1.54, 1.807) is 0 Å². The second-order valence-electron chi connectivity index (χ2n) is 8.22. The van der Waals surface area contributed by atoms with Crippen molar-refractivity contribution in [1.29, 1.82) is 0 Å². The minimum absolute atomic E-state index is 0.123. The minimum Gasteiger partial charge on any atom is -0.481 e. The molecule has 0 aromatic heterocycles. The molecule has 8 nitrogen and oxygen atoms in total. The van der Waals surface area contributed by atoms with Crippen molar-refractivity contribution in [3.8, 4) is 0 Å². The number of hydrogen-bond donors (Lipinski definition) is 1. The molecule has 0 aliphatic rings. The first-order valence-electron chi connectivity index (χ1n) is 12.3. The fourth-order valence-corrected chi connectivity index (χ4v) is 3.07. The highest BCUT2D eigenvalue weighted by molar-refractivity contribution is 5.67. The van der Waals surface area contributed by atoms with Crippen LogP contribution in [0.15, 0.2) is 0 Å². The fraction of sp³-hybridized carbons (Fsp3) is 0.840. The van der Waals surface area contributed by atoms with Gasteiger partial charge in [-0.1, -0.05) is 84.0 Å². The first kappa shape index (κ1) is 33.1. The predicted octanol–water partition coefficient (Wildman–Crippen LogP) is 5.60. The van der Waals surface area contributed by atoms with E-state index in [2.05, 4.69) is 16.4 Å². The zero-order chi connectivity index (χ0) is 25.3. The van der Waals surface area contributed by atoms with Crippen LogP contribution in [0.1, 0.15) is 118 Å². The van der Waals surface area contributed by atoms with Crippen LogP contribution in [0.3, 0.4) is 0 Å². The average Bonchev–Trinajstić information content (AvgIpc) is 2.73. The van der Waals surface area contributed by atoms with E-state index >= 15 is 0 Å². The number of carboxylic acids is 1. The van der Waals surface area contributed by atoms with Crippen molar-refractivity contribution in [2.24, 2.45) is 0 Å². The van der Waals surface area contributed by atoms with Crippen LogP contribution in [0.4, 0.5) is 0 Å². The lowest BCUT2D eigenvalue weighted by molar-refractivity contribution is -0.163. The van der Waals surface area contributed by atoms with Crippen LogP contribution in [-0.4, -0.2) is 48.3 Å². The lowest BCUT2D eigenvalue weighted by atomic mass is 10.0. The van der Waals surface area contributed by atoms with E-state index in [0.717, 1.165) is 12.8 Å². The van der Waals surface area contributed by atoms with E-state index in [9.17, 15) is 19.2 Å². The Morgan fingerprint density at radius 2 is 0.970 bits per heavy atom. The van der Waals surface area contributed by atoms with Gasteiger partial charge in [0.05, 0.1) is 0 Å². The SMILES string of the molecule is CC(=O)OCC(COC(C)=O)OC(C)=O.CCCCCCCCCCCCCCCC(=O)O. The number of hydrogen-bond acceptors (Lipinski definition) is 7. The van der Waals surface area contributed by atoms with Gasteiger partial charge < -0.3 is 19.3 Å². The maximum Gasteiger partial charge on any atom is 0.303 e. The zero-order valence-corrected chi connectivity index (χ0v) is 21.2. The molecule has 1 N–H and O–H groups in total. The normalized spacial score (nSPS) is 10.2. The molecular formula is C25H46O8. The Hall–Kier alpha value is -2.12. The minimum atomic E-state index is -0.754. The largest absolute Gasteiger partial charge is 0.481 e. The fourth-order valence-electron chi connectivity index (χ4n) is 3.07. The van der Waals surface area contributed by atoms with Gasteiger partial charge in [0.15, 0.2) is 6.10 Å². The molecule has 0 saturated carbocycles. The van der Waals surface area contributed by atoms with Gasteiger partial charge in [0.1, 0.15) is 13.2 Å². The molecule has 0 aliphatic heterocycles. The Balaban J connectivity index is 0. The summed E-state index contributed by atoms with van der Waals surface area (Å²) in [5, 5.41) is 8.49. The summed E-state index contributed by atoms with van der Waals surface area (Å²) < 4.78 is 14.0. The number of carbonyl (C=O) groups excluding carboxylic acids is 3. The van der Waals surface area contributed by atoms with Gasteiger partial charge in [0.2, 0.25) is 0 Å². The van der Waals surface area contributed by atoms with Crippen LogP contribution < -0.4 is 0 Å². The lowest BCUT2D eigenvalue weighted by Gasteiger charge is -2.15. The van der Waals surface area contributed by atoms with Crippen molar-refractivity contribution in [3.63, 3.8) is 0 Å². The number of ether oxygens (including phenoxy) is 3. The Morgan fingerprint density at radius 3 is 1.27 bits per heavy atom. The molecule has 8 heteroatoms. The summed E-state index contributed by atoms with van der Waals surface area (Å²) >= 11 is 0. The Morgan fingerprint density at radius 1 is 0.606 bits per heavy atom. The molecule has 0 rings (SSSR count). The van der Waals surface area contributed by atoms with E-state index < -0.39 is 30.0 Å². The van der Waals surface area contributed by atoms with Gasteiger partial charge in [-0.05, 0) is 6.42 Å². The molecule has 0 aliphatic carbocycles. The van der Waals surface area contributed by atoms with E-state index in [4.69, 9.17) is 9.84 Å². The number of esters is 3. The molecular weight excluding hydrogens is 428 g/mol. The Labute approximate surface area is 199 Å². The molecule has 0 aromatic rings. The molecule has 0 fully saturated rings. The molecule has 194 valence electrons. The molecule has 0 heterocycles. The number of aliphatic carboxylic acids is 1. The quantitative estimate of drug-likeness (QED) is 0.146. The van der Waals surface area contributed by atoms with Gasteiger partial charge in [-0.15, -0.1) is 0 Å². The van der Waals surface area contributed by atoms with Gasteiger partial charge in [-0.25, -0.2) is 0 Å². The molecule has 0 radical (unpaired) electrons. The standard InChI is InChI=1S/C16H32O2.C9H14O6/c1-2-3-4-5-6-7-8-9-10-11-12-13-14-15-16(17)18;1-6(10)13-4-9(15-8(3)12)5-14-7(2)11/h2-15H2,1H3,(H,17,18);9H,4-5H2,1-3H3. The summed E-state index contributed by atoms with van der Waals surface area (Å²) in [6.45, 7) is 5.70. The summed E-state index contributed by atoms with van der Waals surface area (Å²) in [4.78, 5) is 41.9. The average molecular weight is 475 g/mol. The second-order valence-corrected chi connectivity index (χ2v) is 8.22. The van der Waals surface area contributed by atoms with Crippen molar-refractivity contribution in [2.75, 3.05) is 13.2 Å². The van der Waals surface area contributed by atoms with Crippen molar-refractivity contribution < 1.29 is 38.5 Å². The Kier molecular flexibility index (Phi) is 24.6. The Bertz CT molecular complexity index is 501. The van der Waals surface area contributed by atoms with Gasteiger partial charge in [0.25, 0.3) is 0 Å². The molecule has 0 aromatic carbocycles. The van der Waals surface area contributed by atoms with Crippen LogP contribution in [0.2, 0.25) is 0 Å². The molecule has 0 unspecified atom stereocenters. The van der Waals surface area contributed by atoms with E-state index in [-0.39, 0.29) is 13.2 Å². The highest BCUT2D eigenvalue weighted by atomic mass is 16.6. The summed E-state index contributed by atoms with van der Waals surface area (Å²) in [6, 6.07) is 0. The van der Waals surface area contributed by atoms with Crippen LogP contribution >= 0.6 is 0 Å². The predicted molar refractivity (Wildman–Crippen MR) is 127 cm³/mol. The number of rotatable bonds is 19. The third-order valence-electron chi connectivity index (χ3n) is 4.77. The maximum absolute atomic E-state index is 10.6. The maximum atomic E-state index is 10.6. The molecule has 33 heavy (non-hydrogen) atoms. The van der Waals surface area contributed by atoms with Crippen molar-refractivity contribution >= 4 is 23.9 Å². The van der Waals surface area contributed by atoms with Gasteiger partial charge in [-0.3, -0.25) is 19.2 Å². The summed E-state index contributed by atoms with van der Waals surface area (Å²) in [6.07, 6.45) is 16.5. The van der Waals surface area contributed by atoms with Crippen LogP contribution in [0, 0.1) is 0 Å².